The fourth-order valence-corrected chi connectivity index (χ4v) is 5.30. The van der Waals surface area contributed by atoms with Crippen molar-refractivity contribution in [3.05, 3.63) is 72.1 Å². The fourth-order valence-electron chi connectivity index (χ4n) is 5.30. The van der Waals surface area contributed by atoms with Crippen LogP contribution in [-0.2, 0) is 10.3 Å². The van der Waals surface area contributed by atoms with Gasteiger partial charge >= 0.3 is 6.09 Å². The third-order valence-electron chi connectivity index (χ3n) is 7.79. The molecular formula is C32H46N4O2. The van der Waals surface area contributed by atoms with Gasteiger partial charge in [-0.3, -0.25) is 4.68 Å². The van der Waals surface area contributed by atoms with Crippen LogP contribution in [0.25, 0.3) is 5.57 Å². The summed E-state index contributed by atoms with van der Waals surface area (Å²) in [5.41, 5.74) is 4.98. The minimum absolute atomic E-state index is 0.197. The number of nitriles is 1. The Labute approximate surface area is 230 Å². The van der Waals surface area contributed by atoms with Crippen molar-refractivity contribution in [1.82, 2.24) is 14.7 Å². The summed E-state index contributed by atoms with van der Waals surface area (Å²) in [6.07, 6.45) is 18.1. The molecule has 1 unspecified atom stereocenters. The molecule has 0 bridgehead atoms. The maximum Gasteiger partial charge on any atom is 0.409 e. The molecule has 0 aromatic carbocycles. The van der Waals surface area contributed by atoms with Crippen LogP contribution in [0.5, 0.6) is 0 Å². The highest BCUT2D eigenvalue weighted by molar-refractivity contribution is 5.73. The molecule has 0 spiro atoms. The molecule has 0 radical (unpaired) electrons. The maximum atomic E-state index is 12.0. The van der Waals surface area contributed by atoms with E-state index in [9.17, 15) is 10.1 Å². The molecule has 1 saturated heterocycles. The fraction of sp³-hybridized carbons (Fsp3) is 0.531. The van der Waals surface area contributed by atoms with Crippen molar-refractivity contribution in [2.45, 2.75) is 85.1 Å². The lowest BCUT2D eigenvalue weighted by atomic mass is 9.83. The summed E-state index contributed by atoms with van der Waals surface area (Å²) in [5, 5.41) is 14.5. The highest BCUT2D eigenvalue weighted by atomic mass is 16.6. The van der Waals surface area contributed by atoms with Gasteiger partial charge < -0.3 is 9.64 Å². The Morgan fingerprint density at radius 3 is 2.61 bits per heavy atom. The lowest BCUT2D eigenvalue weighted by Gasteiger charge is -2.34. The van der Waals surface area contributed by atoms with Gasteiger partial charge in [-0.2, -0.15) is 10.4 Å². The summed E-state index contributed by atoms with van der Waals surface area (Å²) in [6, 6.07) is 2.43. The number of hydrogen-bond donors (Lipinski definition) is 0. The number of nitrogens with zero attached hydrogens (tertiary/aromatic N) is 4. The van der Waals surface area contributed by atoms with E-state index in [0.29, 0.717) is 18.9 Å². The molecule has 0 saturated carbocycles. The van der Waals surface area contributed by atoms with Gasteiger partial charge in [0.25, 0.3) is 0 Å². The van der Waals surface area contributed by atoms with Crippen molar-refractivity contribution in [2.24, 2.45) is 5.92 Å². The van der Waals surface area contributed by atoms with Gasteiger partial charge in [-0.25, -0.2) is 4.79 Å². The number of ether oxygens (including phenoxy) is 1. The van der Waals surface area contributed by atoms with Crippen LogP contribution in [0, 0.1) is 17.2 Å². The number of hydrogen-bond acceptors (Lipinski definition) is 4. The summed E-state index contributed by atoms with van der Waals surface area (Å²) < 4.78 is 7.18. The smallest absolute Gasteiger partial charge is 0.409 e. The van der Waals surface area contributed by atoms with Gasteiger partial charge in [-0.05, 0) is 81.6 Å². The molecule has 0 N–H and O–H groups in total. The van der Waals surface area contributed by atoms with Crippen molar-refractivity contribution in [3.63, 3.8) is 0 Å². The second-order valence-corrected chi connectivity index (χ2v) is 10.3. The number of amides is 1. The van der Waals surface area contributed by atoms with Crippen LogP contribution in [0.3, 0.4) is 0 Å². The average Bonchev–Trinajstić information content (AvgIpc) is 3.42. The van der Waals surface area contributed by atoms with E-state index in [1.165, 1.54) is 0 Å². The number of aromatic nitrogens is 2. The summed E-state index contributed by atoms with van der Waals surface area (Å²) in [7, 11) is 0. The number of allylic oxidation sites excluding steroid dienone is 8. The first-order valence-electron chi connectivity index (χ1n) is 13.9. The largest absolute Gasteiger partial charge is 0.450 e. The molecule has 1 aliphatic heterocycles. The van der Waals surface area contributed by atoms with Crippen molar-refractivity contribution in [2.75, 3.05) is 19.7 Å². The van der Waals surface area contributed by atoms with E-state index in [0.717, 1.165) is 79.5 Å². The second kappa shape index (κ2) is 15.2. The lowest BCUT2D eigenvalue weighted by Crippen LogP contribution is -2.39. The van der Waals surface area contributed by atoms with Crippen molar-refractivity contribution in [3.8, 4) is 6.07 Å². The summed E-state index contributed by atoms with van der Waals surface area (Å²) in [4.78, 5) is 13.8. The van der Waals surface area contributed by atoms with Crippen LogP contribution in [0.4, 0.5) is 4.79 Å². The molecule has 6 nitrogen and oxygen atoms in total. The lowest BCUT2D eigenvalue weighted by molar-refractivity contribution is 0.0900. The SMILES string of the molecule is C=CC(=C)/C=C(/C)C(/C=C\C)=C(C)c1cnn(C(CC)(CC#N)CCCC2CCN(C(=O)OCC)CC2)c1. The molecule has 1 aliphatic rings. The molecular weight excluding hydrogens is 472 g/mol. The van der Waals surface area contributed by atoms with Gasteiger partial charge in [-0.15, -0.1) is 0 Å². The molecule has 1 atom stereocenters. The Morgan fingerprint density at radius 1 is 1.32 bits per heavy atom. The van der Waals surface area contributed by atoms with Crippen molar-refractivity contribution in [1.29, 1.82) is 5.26 Å². The Balaban J connectivity index is 2.18. The summed E-state index contributed by atoms with van der Waals surface area (Å²) >= 11 is 0. The van der Waals surface area contributed by atoms with Gasteiger partial charge in [0, 0.05) is 24.8 Å². The van der Waals surface area contributed by atoms with Gasteiger partial charge in [-0.1, -0.05) is 57.2 Å². The number of piperidine rings is 1. The summed E-state index contributed by atoms with van der Waals surface area (Å²) in [5.74, 6) is 0.596. The number of carbonyl (C=O) groups excluding carboxylic acids is 1. The molecule has 1 fully saturated rings. The predicted molar refractivity (Wildman–Crippen MR) is 156 cm³/mol. The molecule has 206 valence electrons. The zero-order valence-corrected chi connectivity index (χ0v) is 24.1. The first kappa shape index (κ1) is 30.9. The molecule has 38 heavy (non-hydrogen) atoms. The summed E-state index contributed by atoms with van der Waals surface area (Å²) in [6.45, 7) is 20.0. The first-order chi connectivity index (χ1) is 18.2. The Hall–Kier alpha value is -3.33. The van der Waals surface area contributed by atoms with E-state index >= 15 is 0 Å². The van der Waals surface area contributed by atoms with Crippen LogP contribution in [0.2, 0.25) is 0 Å². The van der Waals surface area contributed by atoms with E-state index in [-0.39, 0.29) is 11.6 Å². The van der Waals surface area contributed by atoms with Crippen LogP contribution in [0.15, 0.2) is 66.6 Å². The molecule has 1 aromatic heterocycles. The van der Waals surface area contributed by atoms with Crippen molar-refractivity contribution < 1.29 is 9.53 Å². The van der Waals surface area contributed by atoms with Gasteiger partial charge in [0.2, 0.25) is 0 Å². The van der Waals surface area contributed by atoms with Crippen LogP contribution in [0.1, 0.15) is 85.1 Å². The average molecular weight is 519 g/mol. The quantitative estimate of drug-likeness (QED) is 0.248. The molecule has 2 heterocycles. The predicted octanol–water partition coefficient (Wildman–Crippen LogP) is 7.98. The Morgan fingerprint density at radius 2 is 2.03 bits per heavy atom. The zero-order valence-electron chi connectivity index (χ0n) is 24.1. The van der Waals surface area contributed by atoms with Crippen LogP contribution < -0.4 is 0 Å². The first-order valence-corrected chi connectivity index (χ1v) is 13.9. The number of carbonyl (C=O) groups is 1. The van der Waals surface area contributed by atoms with E-state index in [2.05, 4.69) is 52.3 Å². The minimum atomic E-state index is -0.332. The molecule has 1 aromatic rings. The van der Waals surface area contributed by atoms with E-state index in [1.54, 1.807) is 6.08 Å². The van der Waals surface area contributed by atoms with Gasteiger partial charge in [0.1, 0.15) is 0 Å². The molecule has 0 aliphatic carbocycles. The van der Waals surface area contributed by atoms with E-state index in [1.807, 2.05) is 41.8 Å². The van der Waals surface area contributed by atoms with Crippen LogP contribution in [-0.4, -0.2) is 40.5 Å². The minimum Gasteiger partial charge on any atom is -0.450 e. The second-order valence-electron chi connectivity index (χ2n) is 10.3. The Kier molecular flexibility index (Phi) is 12.3. The van der Waals surface area contributed by atoms with Crippen molar-refractivity contribution >= 4 is 11.7 Å². The topological polar surface area (TPSA) is 71.2 Å². The monoisotopic (exact) mass is 518 g/mol. The van der Waals surface area contributed by atoms with Gasteiger partial charge in [0.05, 0.1) is 30.8 Å². The molecule has 2 rings (SSSR count). The van der Waals surface area contributed by atoms with E-state index in [4.69, 9.17) is 9.84 Å². The van der Waals surface area contributed by atoms with Gasteiger partial charge in [0.15, 0.2) is 0 Å². The third-order valence-corrected chi connectivity index (χ3v) is 7.79. The highest BCUT2D eigenvalue weighted by Gasteiger charge is 2.32. The Bertz CT molecular complexity index is 1090. The number of likely N-dealkylation sites (tertiary alicyclic amines) is 1. The molecule has 1 amide bonds. The van der Waals surface area contributed by atoms with E-state index < -0.39 is 0 Å². The third kappa shape index (κ3) is 8.08. The molecule has 6 heteroatoms. The maximum absolute atomic E-state index is 12.0. The highest BCUT2D eigenvalue weighted by Crippen LogP contribution is 2.34. The standard InChI is InChI=1S/C32H46N4O2/c1-8-13-30(26(6)22-25(5)9-2)27(7)29-23-34-36(24-29)32(10-3,18-19-33)17-12-14-28-15-20-35(21-16-28)31(37)38-11-4/h8-9,13,22-24,28H,2,5,10-12,14-18,20-21H2,1,3-4,6-7H3/b13-8-,26-22-,30-27?. The van der Waals surface area contributed by atoms with Crippen LogP contribution >= 0.6 is 0 Å². The zero-order chi connectivity index (χ0) is 28.1. The normalized spacial score (nSPS) is 17.1. The number of rotatable bonds is 13.